The molecule has 0 bridgehead atoms. The van der Waals surface area contributed by atoms with Crippen molar-refractivity contribution >= 4 is 5.69 Å². The van der Waals surface area contributed by atoms with Crippen LogP contribution in [-0.2, 0) is 0 Å². The highest BCUT2D eigenvalue weighted by molar-refractivity contribution is 5.47. The van der Waals surface area contributed by atoms with E-state index in [1.54, 1.807) is 0 Å². The predicted molar refractivity (Wildman–Crippen MR) is 65.0 cm³/mol. The van der Waals surface area contributed by atoms with Gasteiger partial charge in [0.05, 0.1) is 22.6 Å². The second-order valence-electron chi connectivity index (χ2n) is 4.71. The quantitative estimate of drug-likeness (QED) is 0.555. The summed E-state index contributed by atoms with van der Waals surface area (Å²) in [4.78, 5) is 10.3. The van der Waals surface area contributed by atoms with Crippen molar-refractivity contribution in [3.05, 3.63) is 33.9 Å². The molecule has 0 aromatic heterocycles. The average molecular weight is 252 g/mol. The van der Waals surface area contributed by atoms with E-state index in [1.165, 1.54) is 18.2 Å². The zero-order valence-corrected chi connectivity index (χ0v) is 9.82. The number of hydrogen-bond donors (Lipinski definition) is 3. The largest absolute Gasteiger partial charge is 0.508 e. The summed E-state index contributed by atoms with van der Waals surface area (Å²) >= 11 is 0. The van der Waals surface area contributed by atoms with Gasteiger partial charge in [-0.25, -0.2) is 0 Å². The Balaban J connectivity index is 2.29. The second-order valence-corrected chi connectivity index (χ2v) is 4.71. The normalized spacial score (nSPS) is 19.0. The molecule has 18 heavy (non-hydrogen) atoms. The van der Waals surface area contributed by atoms with Crippen molar-refractivity contribution in [1.29, 1.82) is 0 Å². The SMILES string of the molecule is N[C@H](c1cc(O)ccc1[N+](=O)[O-])[C@@H](O)C1CCC1. The Bertz CT molecular complexity index is 459. The fraction of sp³-hybridized carbons (Fsp3) is 0.500. The van der Waals surface area contributed by atoms with Gasteiger partial charge in [0.25, 0.3) is 5.69 Å². The fourth-order valence-electron chi connectivity index (χ4n) is 2.23. The monoisotopic (exact) mass is 252 g/mol. The van der Waals surface area contributed by atoms with Crippen molar-refractivity contribution < 1.29 is 15.1 Å². The molecule has 0 heterocycles. The molecule has 2 atom stereocenters. The lowest BCUT2D eigenvalue weighted by Gasteiger charge is -2.33. The fourth-order valence-corrected chi connectivity index (χ4v) is 2.23. The molecule has 0 saturated heterocycles. The Kier molecular flexibility index (Phi) is 3.49. The van der Waals surface area contributed by atoms with Gasteiger partial charge in [0.2, 0.25) is 0 Å². The second kappa shape index (κ2) is 4.91. The lowest BCUT2D eigenvalue weighted by molar-refractivity contribution is -0.385. The number of nitro benzene ring substituents is 1. The first-order valence-corrected chi connectivity index (χ1v) is 5.91. The van der Waals surface area contributed by atoms with E-state index >= 15 is 0 Å². The van der Waals surface area contributed by atoms with Crippen LogP contribution in [0.5, 0.6) is 5.75 Å². The molecule has 1 aromatic carbocycles. The molecular formula is C12H16N2O4. The Labute approximate surface area is 104 Å². The Morgan fingerprint density at radius 2 is 2.11 bits per heavy atom. The highest BCUT2D eigenvalue weighted by Crippen LogP contribution is 2.37. The van der Waals surface area contributed by atoms with Gasteiger partial charge < -0.3 is 15.9 Å². The summed E-state index contributed by atoms with van der Waals surface area (Å²) in [6.45, 7) is 0. The van der Waals surface area contributed by atoms with Crippen LogP contribution in [0.15, 0.2) is 18.2 Å². The lowest BCUT2D eigenvalue weighted by atomic mass is 9.77. The highest BCUT2D eigenvalue weighted by Gasteiger charge is 2.33. The summed E-state index contributed by atoms with van der Waals surface area (Å²) < 4.78 is 0. The van der Waals surface area contributed by atoms with E-state index in [1.807, 2.05) is 0 Å². The molecule has 0 unspecified atom stereocenters. The Hall–Kier alpha value is -1.66. The number of nitrogens with two attached hydrogens (primary N) is 1. The number of benzene rings is 1. The van der Waals surface area contributed by atoms with Gasteiger partial charge in [-0.2, -0.15) is 0 Å². The molecule has 6 nitrogen and oxygen atoms in total. The van der Waals surface area contributed by atoms with Crippen molar-refractivity contribution in [2.45, 2.75) is 31.4 Å². The zero-order valence-electron chi connectivity index (χ0n) is 9.82. The predicted octanol–water partition coefficient (Wildman–Crippen LogP) is 1.46. The Morgan fingerprint density at radius 1 is 1.44 bits per heavy atom. The molecule has 0 amide bonds. The molecule has 98 valence electrons. The molecule has 1 aromatic rings. The third-order valence-electron chi connectivity index (χ3n) is 3.57. The number of aliphatic hydroxyl groups excluding tert-OH is 1. The minimum Gasteiger partial charge on any atom is -0.508 e. The first-order chi connectivity index (χ1) is 8.50. The van der Waals surface area contributed by atoms with Crippen molar-refractivity contribution in [1.82, 2.24) is 0 Å². The maximum Gasteiger partial charge on any atom is 0.274 e. The van der Waals surface area contributed by atoms with Crippen LogP contribution in [0.4, 0.5) is 5.69 Å². The van der Waals surface area contributed by atoms with Gasteiger partial charge in [-0.15, -0.1) is 0 Å². The number of phenols is 1. The third-order valence-corrected chi connectivity index (χ3v) is 3.57. The van der Waals surface area contributed by atoms with Crippen LogP contribution in [0.3, 0.4) is 0 Å². The minimum atomic E-state index is -0.845. The number of aromatic hydroxyl groups is 1. The molecule has 0 spiro atoms. The molecule has 2 rings (SSSR count). The standard InChI is InChI=1S/C12H16N2O4/c13-11(12(16)7-2-1-3-7)9-6-8(15)4-5-10(9)14(17)18/h4-7,11-12,15-16H,1-3,13H2/t11-,12+/m1/s1. The number of rotatable bonds is 4. The summed E-state index contributed by atoms with van der Waals surface area (Å²) in [5.41, 5.74) is 5.90. The van der Waals surface area contributed by atoms with Gasteiger partial charge in [0.1, 0.15) is 5.75 Å². The molecule has 1 aliphatic rings. The van der Waals surface area contributed by atoms with Crippen molar-refractivity contribution in [2.75, 3.05) is 0 Å². The van der Waals surface area contributed by atoms with Crippen molar-refractivity contribution in [3.8, 4) is 5.75 Å². The Morgan fingerprint density at radius 3 is 2.61 bits per heavy atom. The van der Waals surface area contributed by atoms with Crippen LogP contribution in [0.25, 0.3) is 0 Å². The molecule has 1 aliphatic carbocycles. The van der Waals surface area contributed by atoms with Gasteiger partial charge in [0.15, 0.2) is 0 Å². The average Bonchev–Trinajstić information content (AvgIpc) is 2.25. The molecule has 0 radical (unpaired) electrons. The molecule has 0 aliphatic heterocycles. The van der Waals surface area contributed by atoms with Crippen molar-refractivity contribution in [2.24, 2.45) is 11.7 Å². The minimum absolute atomic E-state index is 0.0909. The van der Waals surface area contributed by atoms with E-state index in [-0.39, 0.29) is 22.9 Å². The van der Waals surface area contributed by atoms with Crippen LogP contribution in [0.1, 0.15) is 30.9 Å². The smallest absolute Gasteiger partial charge is 0.274 e. The molecule has 4 N–H and O–H groups in total. The van der Waals surface area contributed by atoms with E-state index in [0.717, 1.165) is 19.3 Å². The maximum absolute atomic E-state index is 10.9. The van der Waals surface area contributed by atoms with E-state index in [0.29, 0.717) is 0 Å². The summed E-state index contributed by atoms with van der Waals surface area (Å²) in [5, 5.41) is 30.4. The van der Waals surface area contributed by atoms with Crippen LogP contribution >= 0.6 is 0 Å². The van der Waals surface area contributed by atoms with E-state index in [9.17, 15) is 20.3 Å². The van der Waals surface area contributed by atoms with Gasteiger partial charge in [-0.1, -0.05) is 6.42 Å². The molecule has 1 fully saturated rings. The summed E-state index contributed by atoms with van der Waals surface area (Å²) in [6, 6.07) is 2.86. The molecule has 1 saturated carbocycles. The van der Waals surface area contributed by atoms with Gasteiger partial charge in [-0.05, 0) is 30.9 Å². The van der Waals surface area contributed by atoms with Gasteiger partial charge in [-0.3, -0.25) is 10.1 Å². The summed E-state index contributed by atoms with van der Waals surface area (Å²) in [7, 11) is 0. The molecular weight excluding hydrogens is 236 g/mol. The van der Waals surface area contributed by atoms with Crippen LogP contribution in [0.2, 0.25) is 0 Å². The van der Waals surface area contributed by atoms with E-state index < -0.39 is 17.1 Å². The van der Waals surface area contributed by atoms with Crippen LogP contribution in [-0.4, -0.2) is 21.2 Å². The summed E-state index contributed by atoms with van der Waals surface area (Å²) in [6.07, 6.45) is 2.03. The van der Waals surface area contributed by atoms with Gasteiger partial charge in [0, 0.05) is 6.07 Å². The van der Waals surface area contributed by atoms with Crippen LogP contribution in [0, 0.1) is 16.0 Å². The van der Waals surface area contributed by atoms with E-state index in [4.69, 9.17) is 5.73 Å². The first kappa shape index (κ1) is 12.8. The topological polar surface area (TPSA) is 110 Å². The van der Waals surface area contributed by atoms with E-state index in [2.05, 4.69) is 0 Å². The zero-order chi connectivity index (χ0) is 13.3. The number of aliphatic hydroxyl groups is 1. The van der Waals surface area contributed by atoms with Gasteiger partial charge >= 0.3 is 0 Å². The summed E-state index contributed by atoms with van der Waals surface area (Å²) in [5.74, 6) is 0.00816. The maximum atomic E-state index is 10.9. The number of nitrogens with zero attached hydrogens (tertiary/aromatic N) is 1. The lowest BCUT2D eigenvalue weighted by Crippen LogP contribution is -2.36. The molecule has 6 heteroatoms. The highest BCUT2D eigenvalue weighted by atomic mass is 16.6. The van der Waals surface area contributed by atoms with Crippen LogP contribution < -0.4 is 5.73 Å². The number of phenolic OH excluding ortho intramolecular Hbond substituents is 1. The number of nitro groups is 1. The third kappa shape index (κ3) is 2.30. The number of hydrogen-bond acceptors (Lipinski definition) is 5. The first-order valence-electron chi connectivity index (χ1n) is 5.91. The van der Waals surface area contributed by atoms with Crippen molar-refractivity contribution in [3.63, 3.8) is 0 Å².